The van der Waals surface area contributed by atoms with Gasteiger partial charge in [0.2, 0.25) is 0 Å². The molecule has 0 atom stereocenters. The van der Waals surface area contributed by atoms with Gasteiger partial charge in [0.05, 0.1) is 12.9 Å². The highest BCUT2D eigenvalue weighted by atomic mass is 32.2. The van der Waals surface area contributed by atoms with E-state index in [1.54, 1.807) is 18.2 Å². The zero-order valence-electron chi connectivity index (χ0n) is 8.27. The van der Waals surface area contributed by atoms with Gasteiger partial charge < -0.3 is 14.9 Å². The van der Waals surface area contributed by atoms with Crippen LogP contribution in [0.5, 0.6) is 11.5 Å². The van der Waals surface area contributed by atoms with Crippen molar-refractivity contribution in [3.63, 3.8) is 0 Å². The lowest BCUT2D eigenvalue weighted by molar-refractivity contribution is -0.133. The molecule has 0 unspecified atom stereocenters. The first-order valence-corrected chi connectivity index (χ1v) is 5.44. The summed E-state index contributed by atoms with van der Waals surface area (Å²) in [5.74, 6) is 0.280. The summed E-state index contributed by atoms with van der Waals surface area (Å²) in [6.07, 6.45) is 0. The second kappa shape index (κ2) is 5.50. The molecule has 0 amide bonds. The number of carboxylic acid groups (broad SMARTS) is 1. The molecule has 1 aromatic rings. The van der Waals surface area contributed by atoms with E-state index in [1.807, 2.05) is 0 Å². The monoisotopic (exact) mass is 228 g/mol. The number of ether oxygens (including phenoxy) is 1. The van der Waals surface area contributed by atoms with Crippen molar-refractivity contribution in [1.29, 1.82) is 0 Å². The van der Waals surface area contributed by atoms with Gasteiger partial charge in [-0.1, -0.05) is 6.07 Å². The van der Waals surface area contributed by atoms with Crippen LogP contribution in [0.25, 0.3) is 0 Å². The van der Waals surface area contributed by atoms with Gasteiger partial charge in [0, 0.05) is 5.75 Å². The molecule has 15 heavy (non-hydrogen) atoms. The number of carboxylic acids is 1. The van der Waals surface area contributed by atoms with Crippen LogP contribution in [0, 0.1) is 0 Å². The number of methoxy groups -OCH3 is 1. The van der Waals surface area contributed by atoms with Crippen molar-refractivity contribution in [3.8, 4) is 11.5 Å². The standard InChI is InChI=1S/C10H12O4S/c1-14-9-3-2-7(4-8(9)11)5-15-6-10(12)13/h2-4,11H,5-6H2,1H3,(H,12,13). The van der Waals surface area contributed by atoms with Crippen LogP contribution in [-0.4, -0.2) is 29.0 Å². The SMILES string of the molecule is COc1ccc(CSCC(=O)O)cc1O. The third-order valence-corrected chi connectivity index (χ3v) is 2.73. The van der Waals surface area contributed by atoms with Crippen molar-refractivity contribution in [2.45, 2.75) is 5.75 Å². The molecular weight excluding hydrogens is 216 g/mol. The van der Waals surface area contributed by atoms with E-state index in [4.69, 9.17) is 9.84 Å². The molecule has 0 heterocycles. The second-order valence-corrected chi connectivity index (χ2v) is 3.88. The molecule has 0 radical (unpaired) electrons. The molecule has 0 bridgehead atoms. The molecule has 0 aliphatic heterocycles. The molecule has 1 aromatic carbocycles. The van der Waals surface area contributed by atoms with Gasteiger partial charge in [-0.25, -0.2) is 0 Å². The molecule has 0 spiro atoms. The zero-order chi connectivity index (χ0) is 11.3. The maximum Gasteiger partial charge on any atom is 0.313 e. The third kappa shape index (κ3) is 3.71. The number of aromatic hydroxyl groups is 1. The van der Waals surface area contributed by atoms with Crippen molar-refractivity contribution in [1.82, 2.24) is 0 Å². The van der Waals surface area contributed by atoms with E-state index in [9.17, 15) is 9.90 Å². The molecule has 0 fully saturated rings. The first kappa shape index (κ1) is 11.7. The molecule has 2 N–H and O–H groups in total. The predicted molar refractivity (Wildman–Crippen MR) is 58.5 cm³/mol. The van der Waals surface area contributed by atoms with Gasteiger partial charge in [0.1, 0.15) is 0 Å². The summed E-state index contributed by atoms with van der Waals surface area (Å²) in [6.45, 7) is 0. The fourth-order valence-electron chi connectivity index (χ4n) is 1.08. The van der Waals surface area contributed by atoms with Crippen molar-refractivity contribution < 1.29 is 19.7 Å². The molecule has 0 saturated carbocycles. The second-order valence-electron chi connectivity index (χ2n) is 2.89. The maximum atomic E-state index is 10.3. The summed E-state index contributed by atoms with van der Waals surface area (Å²) < 4.78 is 4.89. The highest BCUT2D eigenvalue weighted by Gasteiger charge is 2.03. The van der Waals surface area contributed by atoms with E-state index >= 15 is 0 Å². The van der Waals surface area contributed by atoms with E-state index in [-0.39, 0.29) is 11.5 Å². The Balaban J connectivity index is 2.55. The summed E-state index contributed by atoms with van der Waals surface area (Å²) in [4.78, 5) is 10.3. The molecule has 0 aromatic heterocycles. The number of hydrogen-bond acceptors (Lipinski definition) is 4. The number of carbonyl (C=O) groups is 1. The number of rotatable bonds is 5. The van der Waals surface area contributed by atoms with Crippen molar-refractivity contribution in [3.05, 3.63) is 23.8 Å². The number of aliphatic carboxylic acids is 1. The maximum absolute atomic E-state index is 10.3. The van der Waals surface area contributed by atoms with Gasteiger partial charge in [0.25, 0.3) is 0 Å². The highest BCUT2D eigenvalue weighted by molar-refractivity contribution is 7.99. The fraction of sp³-hybridized carbons (Fsp3) is 0.300. The lowest BCUT2D eigenvalue weighted by Crippen LogP contribution is -1.98. The molecule has 0 aliphatic rings. The molecule has 5 heteroatoms. The van der Waals surface area contributed by atoms with Crippen LogP contribution < -0.4 is 4.74 Å². The van der Waals surface area contributed by atoms with Gasteiger partial charge in [-0.05, 0) is 17.7 Å². The molecular formula is C10H12O4S. The zero-order valence-corrected chi connectivity index (χ0v) is 9.08. The Hall–Kier alpha value is -1.36. The van der Waals surface area contributed by atoms with Gasteiger partial charge in [-0.2, -0.15) is 0 Å². The number of thioether (sulfide) groups is 1. The summed E-state index contributed by atoms with van der Waals surface area (Å²) in [6, 6.07) is 5.03. The van der Waals surface area contributed by atoms with Crippen LogP contribution in [0.15, 0.2) is 18.2 Å². The quantitative estimate of drug-likeness (QED) is 0.803. The minimum Gasteiger partial charge on any atom is -0.504 e. The first-order valence-electron chi connectivity index (χ1n) is 4.29. The van der Waals surface area contributed by atoms with Crippen LogP contribution in [0.1, 0.15) is 5.56 Å². The largest absolute Gasteiger partial charge is 0.504 e. The summed E-state index contributed by atoms with van der Waals surface area (Å²) in [5, 5.41) is 17.9. The van der Waals surface area contributed by atoms with Gasteiger partial charge >= 0.3 is 5.97 Å². The van der Waals surface area contributed by atoms with E-state index < -0.39 is 5.97 Å². The molecule has 0 aliphatic carbocycles. The Bertz CT molecular complexity index is 351. The summed E-state index contributed by atoms with van der Waals surface area (Å²) in [7, 11) is 1.48. The Kier molecular flexibility index (Phi) is 4.30. The van der Waals surface area contributed by atoms with Gasteiger partial charge in [-0.15, -0.1) is 11.8 Å². The van der Waals surface area contributed by atoms with Gasteiger partial charge in [-0.3, -0.25) is 4.79 Å². The van der Waals surface area contributed by atoms with Crippen molar-refractivity contribution >= 4 is 17.7 Å². The Morgan fingerprint density at radius 2 is 2.27 bits per heavy atom. The topological polar surface area (TPSA) is 66.8 Å². The van der Waals surface area contributed by atoms with Crippen LogP contribution in [-0.2, 0) is 10.5 Å². The lowest BCUT2D eigenvalue weighted by atomic mass is 10.2. The van der Waals surface area contributed by atoms with E-state index in [0.29, 0.717) is 11.5 Å². The number of hydrogen-bond donors (Lipinski definition) is 2. The average Bonchev–Trinajstić information content (AvgIpc) is 2.17. The van der Waals surface area contributed by atoms with Crippen molar-refractivity contribution in [2.24, 2.45) is 0 Å². The molecule has 0 saturated heterocycles. The normalized spacial score (nSPS) is 9.93. The first-order chi connectivity index (χ1) is 7.13. The third-order valence-electron chi connectivity index (χ3n) is 1.74. The average molecular weight is 228 g/mol. The minimum atomic E-state index is -0.835. The van der Waals surface area contributed by atoms with Crippen LogP contribution >= 0.6 is 11.8 Å². The minimum absolute atomic E-state index is 0.0623. The molecule has 4 nitrogen and oxygen atoms in total. The number of benzene rings is 1. The lowest BCUT2D eigenvalue weighted by Gasteiger charge is -2.05. The predicted octanol–water partition coefficient (Wildman–Crippen LogP) is 1.72. The van der Waals surface area contributed by atoms with E-state index in [0.717, 1.165) is 5.56 Å². The van der Waals surface area contributed by atoms with E-state index in [2.05, 4.69) is 0 Å². The van der Waals surface area contributed by atoms with Gasteiger partial charge in [0.15, 0.2) is 11.5 Å². The van der Waals surface area contributed by atoms with Crippen LogP contribution in [0.4, 0.5) is 0 Å². The van der Waals surface area contributed by atoms with Crippen molar-refractivity contribution in [2.75, 3.05) is 12.9 Å². The molecule has 82 valence electrons. The smallest absolute Gasteiger partial charge is 0.313 e. The van der Waals surface area contributed by atoms with Crippen LogP contribution in [0.3, 0.4) is 0 Å². The molecule has 1 rings (SSSR count). The summed E-state index contributed by atoms with van der Waals surface area (Å²) >= 11 is 1.29. The summed E-state index contributed by atoms with van der Waals surface area (Å²) in [5.41, 5.74) is 0.875. The highest BCUT2D eigenvalue weighted by Crippen LogP contribution is 2.27. The number of phenolic OH excluding ortho intramolecular Hbond substituents is 1. The Labute approximate surface area is 91.9 Å². The van der Waals surface area contributed by atoms with Crippen LogP contribution in [0.2, 0.25) is 0 Å². The number of phenols is 1. The van der Waals surface area contributed by atoms with E-state index in [1.165, 1.54) is 18.9 Å². The Morgan fingerprint density at radius 3 is 2.80 bits per heavy atom. The fourth-order valence-corrected chi connectivity index (χ4v) is 1.77. The Morgan fingerprint density at radius 1 is 1.53 bits per heavy atom.